The molecular formula is C25H24ClN3O3S. The number of nitrogens with zero attached hydrogens (tertiary/aromatic N) is 2. The number of benzene rings is 1. The largest absolute Gasteiger partial charge is 0.488 e. The number of nitrogens with one attached hydrogen (secondary N) is 1. The second kappa shape index (κ2) is 8.08. The minimum Gasteiger partial charge on any atom is -0.488 e. The van der Waals surface area contributed by atoms with E-state index in [1.807, 2.05) is 31.2 Å². The maximum absolute atomic E-state index is 12.1. The summed E-state index contributed by atoms with van der Waals surface area (Å²) in [5.74, 6) is 1.35. The number of carbonyl (C=O) groups excluding carboxylic acids is 2. The molecule has 2 saturated heterocycles. The van der Waals surface area contributed by atoms with Gasteiger partial charge in [0.1, 0.15) is 11.9 Å². The van der Waals surface area contributed by atoms with Gasteiger partial charge in [-0.05, 0) is 62.1 Å². The molecule has 0 radical (unpaired) electrons. The Morgan fingerprint density at radius 2 is 2.00 bits per heavy atom. The minimum atomic E-state index is -0.105. The zero-order valence-electron chi connectivity index (χ0n) is 18.3. The molecule has 6 rings (SSSR count). The predicted octanol–water partition coefficient (Wildman–Crippen LogP) is 4.70. The van der Waals surface area contributed by atoms with Crippen LogP contribution in [0.1, 0.15) is 36.1 Å². The van der Waals surface area contributed by atoms with E-state index in [0.29, 0.717) is 36.4 Å². The lowest BCUT2D eigenvalue weighted by Crippen LogP contribution is -2.40. The molecule has 2 aliphatic heterocycles. The summed E-state index contributed by atoms with van der Waals surface area (Å²) in [6, 6.07) is 8.28. The second-order valence-corrected chi connectivity index (χ2v) is 10.8. The number of likely N-dealkylation sites (tertiary alicyclic amines) is 1. The average Bonchev–Trinajstić information content (AvgIpc) is 3.56. The minimum absolute atomic E-state index is 0.105. The molecule has 1 N–H and O–H groups in total. The first-order chi connectivity index (χ1) is 16.0. The van der Waals surface area contributed by atoms with Crippen LogP contribution in [0.2, 0.25) is 5.02 Å². The van der Waals surface area contributed by atoms with Crippen molar-refractivity contribution in [2.24, 2.45) is 5.92 Å². The lowest BCUT2D eigenvalue weighted by molar-refractivity contribution is -0.138. The van der Waals surface area contributed by atoms with Crippen molar-refractivity contribution in [3.8, 4) is 16.9 Å². The number of halogens is 1. The number of aromatic nitrogens is 1. The molecule has 6 nitrogen and oxygen atoms in total. The third-order valence-electron chi connectivity index (χ3n) is 7.00. The molecule has 33 heavy (non-hydrogen) atoms. The average molecular weight is 482 g/mol. The summed E-state index contributed by atoms with van der Waals surface area (Å²) in [4.78, 5) is 31.0. The Hall–Kier alpha value is -2.48. The van der Waals surface area contributed by atoms with E-state index in [1.54, 1.807) is 17.5 Å². The number of thiophene rings is 1. The maximum atomic E-state index is 12.1. The first-order valence-corrected chi connectivity index (χ1v) is 12.6. The van der Waals surface area contributed by atoms with Crippen molar-refractivity contribution in [3.63, 3.8) is 0 Å². The predicted molar refractivity (Wildman–Crippen MR) is 129 cm³/mol. The standard InChI is InChI=1S/C25H24ClN3O3S/c1-13-6-15(26)9-18(24(13)32-21-8-14-7-19(21)28-11-14)17-4-5-27-20-10-16(33-25(17)20)12-29-22(30)2-3-23(29)31/h4-6,9-10,14,19,21,28H,2-3,7-8,11-12H2,1H3/t14?,19?,21-/m0/s1. The van der Waals surface area contributed by atoms with E-state index < -0.39 is 0 Å². The van der Waals surface area contributed by atoms with E-state index in [9.17, 15) is 9.59 Å². The number of fused-ring (bicyclic) bond motifs is 3. The van der Waals surface area contributed by atoms with E-state index in [4.69, 9.17) is 16.3 Å². The van der Waals surface area contributed by atoms with Crippen molar-refractivity contribution < 1.29 is 14.3 Å². The number of imide groups is 1. The Bertz CT molecular complexity index is 1270. The first-order valence-electron chi connectivity index (χ1n) is 11.4. The van der Waals surface area contributed by atoms with Crippen LogP contribution in [0.25, 0.3) is 21.3 Å². The molecule has 2 amide bonds. The van der Waals surface area contributed by atoms with Crippen LogP contribution in [-0.2, 0) is 16.1 Å². The van der Waals surface area contributed by atoms with Gasteiger partial charge in [-0.2, -0.15) is 0 Å². The van der Waals surface area contributed by atoms with Gasteiger partial charge in [-0.15, -0.1) is 11.3 Å². The number of hydrogen-bond donors (Lipinski definition) is 1. The van der Waals surface area contributed by atoms with Crippen LogP contribution >= 0.6 is 22.9 Å². The summed E-state index contributed by atoms with van der Waals surface area (Å²) in [6.07, 6.45) is 4.80. The molecule has 3 aromatic rings. The molecule has 1 saturated carbocycles. The number of aryl methyl sites for hydroxylation is 1. The van der Waals surface area contributed by atoms with Crippen LogP contribution in [0.4, 0.5) is 0 Å². The fourth-order valence-electron chi connectivity index (χ4n) is 5.40. The molecule has 1 aromatic carbocycles. The van der Waals surface area contributed by atoms with Gasteiger partial charge < -0.3 is 10.1 Å². The third-order valence-corrected chi connectivity index (χ3v) is 8.36. The van der Waals surface area contributed by atoms with Crippen molar-refractivity contribution in [2.45, 2.75) is 51.3 Å². The summed E-state index contributed by atoms with van der Waals surface area (Å²) in [5, 5.41) is 4.24. The number of carbonyl (C=O) groups is 2. The topological polar surface area (TPSA) is 71.5 Å². The van der Waals surface area contributed by atoms with Crippen molar-refractivity contribution in [3.05, 3.63) is 45.9 Å². The van der Waals surface area contributed by atoms with Gasteiger partial charge in [0.2, 0.25) is 11.8 Å². The van der Waals surface area contributed by atoms with E-state index in [1.165, 1.54) is 11.3 Å². The number of amides is 2. The third kappa shape index (κ3) is 3.72. The SMILES string of the molecule is Cc1cc(Cl)cc(-c2ccnc3cc(CN4C(=O)CCC4=O)sc23)c1O[C@H]1CC2CNC1C2. The van der Waals surface area contributed by atoms with Crippen LogP contribution in [0.3, 0.4) is 0 Å². The molecule has 4 heterocycles. The number of rotatable bonds is 5. The molecule has 3 fully saturated rings. The van der Waals surface area contributed by atoms with E-state index in [2.05, 4.69) is 10.3 Å². The summed E-state index contributed by atoms with van der Waals surface area (Å²) in [6.45, 7) is 3.42. The molecule has 1 aliphatic carbocycles. The van der Waals surface area contributed by atoms with Crippen LogP contribution in [0.15, 0.2) is 30.5 Å². The van der Waals surface area contributed by atoms with E-state index in [-0.39, 0.29) is 17.9 Å². The quantitative estimate of drug-likeness (QED) is 0.535. The van der Waals surface area contributed by atoms with Crippen LogP contribution in [-0.4, -0.2) is 40.4 Å². The molecule has 2 unspecified atom stereocenters. The fourth-order valence-corrected chi connectivity index (χ4v) is 6.80. The summed E-state index contributed by atoms with van der Waals surface area (Å²) in [7, 11) is 0. The van der Waals surface area contributed by atoms with Gasteiger partial charge in [0.25, 0.3) is 0 Å². The van der Waals surface area contributed by atoms with Gasteiger partial charge in [-0.1, -0.05) is 11.6 Å². The number of hydrogen-bond acceptors (Lipinski definition) is 6. The van der Waals surface area contributed by atoms with Gasteiger partial charge in [-0.25, -0.2) is 0 Å². The maximum Gasteiger partial charge on any atom is 0.230 e. The van der Waals surface area contributed by atoms with Crippen molar-refractivity contribution in [2.75, 3.05) is 6.54 Å². The highest BCUT2D eigenvalue weighted by Gasteiger charge is 2.41. The molecule has 3 aliphatic rings. The lowest BCUT2D eigenvalue weighted by Gasteiger charge is -2.26. The number of pyridine rings is 1. The fraction of sp³-hybridized carbons (Fsp3) is 0.400. The van der Waals surface area contributed by atoms with Gasteiger partial charge in [0, 0.05) is 46.1 Å². The van der Waals surface area contributed by atoms with Gasteiger partial charge in [0.15, 0.2) is 0 Å². The van der Waals surface area contributed by atoms with Crippen LogP contribution in [0.5, 0.6) is 5.75 Å². The highest BCUT2D eigenvalue weighted by atomic mass is 35.5. The molecule has 0 spiro atoms. The van der Waals surface area contributed by atoms with Crippen molar-refractivity contribution >= 4 is 45.0 Å². The molecule has 170 valence electrons. The molecular weight excluding hydrogens is 458 g/mol. The van der Waals surface area contributed by atoms with Gasteiger partial charge in [0.05, 0.1) is 16.8 Å². The van der Waals surface area contributed by atoms with Crippen molar-refractivity contribution in [1.29, 1.82) is 0 Å². The van der Waals surface area contributed by atoms with Crippen LogP contribution < -0.4 is 10.1 Å². The molecule has 2 aromatic heterocycles. The Balaban J connectivity index is 1.39. The zero-order chi connectivity index (χ0) is 22.7. The number of ether oxygens (including phenoxy) is 1. The Morgan fingerprint density at radius 3 is 2.73 bits per heavy atom. The van der Waals surface area contributed by atoms with Crippen LogP contribution in [0, 0.1) is 12.8 Å². The Morgan fingerprint density at radius 1 is 1.18 bits per heavy atom. The smallest absolute Gasteiger partial charge is 0.230 e. The van der Waals surface area contributed by atoms with E-state index >= 15 is 0 Å². The lowest BCUT2D eigenvalue weighted by atomic mass is 10.0. The second-order valence-electron chi connectivity index (χ2n) is 9.27. The molecule has 2 bridgehead atoms. The van der Waals surface area contributed by atoms with Crippen molar-refractivity contribution in [1.82, 2.24) is 15.2 Å². The summed E-state index contributed by atoms with van der Waals surface area (Å²) >= 11 is 8.06. The highest BCUT2D eigenvalue weighted by Crippen LogP contribution is 2.44. The van der Waals surface area contributed by atoms with Gasteiger partial charge in [-0.3, -0.25) is 19.5 Å². The number of piperidine rings is 1. The zero-order valence-corrected chi connectivity index (χ0v) is 19.8. The Kier molecular flexibility index (Phi) is 5.16. The van der Waals surface area contributed by atoms with Gasteiger partial charge >= 0.3 is 0 Å². The first kappa shape index (κ1) is 21.1. The Labute approximate surface area is 200 Å². The monoisotopic (exact) mass is 481 g/mol. The highest BCUT2D eigenvalue weighted by molar-refractivity contribution is 7.19. The molecule has 3 atom stereocenters. The normalized spacial score (nSPS) is 24.4. The summed E-state index contributed by atoms with van der Waals surface area (Å²) < 4.78 is 7.64. The molecule has 8 heteroatoms. The summed E-state index contributed by atoms with van der Waals surface area (Å²) in [5.41, 5.74) is 3.82. The van der Waals surface area contributed by atoms with E-state index in [0.717, 1.165) is 50.5 Å².